The van der Waals surface area contributed by atoms with Crippen LogP contribution in [0, 0.1) is 0 Å². The molecule has 0 N–H and O–H groups in total. The highest BCUT2D eigenvalue weighted by atomic mass is 16.6. The monoisotopic (exact) mass is 386 g/mol. The van der Waals surface area contributed by atoms with Gasteiger partial charge in [0.2, 0.25) is 0 Å². The highest BCUT2D eigenvalue weighted by Gasteiger charge is 2.27. The summed E-state index contributed by atoms with van der Waals surface area (Å²) in [5, 5.41) is 0. The molecule has 0 radical (unpaired) electrons. The first kappa shape index (κ1) is 21.6. The van der Waals surface area contributed by atoms with Gasteiger partial charge in [0.25, 0.3) is 0 Å². The first-order chi connectivity index (χ1) is 13.5. The van der Waals surface area contributed by atoms with Crippen molar-refractivity contribution in [2.75, 3.05) is 13.2 Å². The summed E-state index contributed by atoms with van der Waals surface area (Å²) < 4.78 is 22.1. The zero-order valence-electron chi connectivity index (χ0n) is 16.2. The Morgan fingerprint density at radius 1 is 0.750 bits per heavy atom. The van der Waals surface area contributed by atoms with Gasteiger partial charge in [-0.25, -0.2) is 0 Å². The fourth-order valence-electron chi connectivity index (χ4n) is 2.54. The van der Waals surface area contributed by atoms with Crippen LogP contribution in [0.25, 0.3) is 0 Å². The number of benzene rings is 2. The Bertz CT molecular complexity index is 716. The van der Waals surface area contributed by atoms with Crippen LogP contribution < -0.4 is 0 Å². The molecule has 28 heavy (non-hydrogen) atoms. The molecule has 6 heteroatoms. The second-order valence-corrected chi connectivity index (χ2v) is 6.29. The lowest BCUT2D eigenvalue weighted by atomic mass is 10.2. The third kappa shape index (κ3) is 8.33. The first-order valence-electron chi connectivity index (χ1n) is 9.12. The van der Waals surface area contributed by atoms with Crippen LogP contribution in [0.5, 0.6) is 0 Å². The van der Waals surface area contributed by atoms with Gasteiger partial charge in [0.05, 0.1) is 19.8 Å². The lowest BCUT2D eigenvalue weighted by Crippen LogP contribution is -2.40. The van der Waals surface area contributed by atoms with Gasteiger partial charge in [-0.1, -0.05) is 60.7 Å². The topological polar surface area (TPSA) is 71.1 Å². The van der Waals surface area contributed by atoms with Crippen molar-refractivity contribution >= 4 is 11.9 Å². The maximum absolute atomic E-state index is 11.6. The molecule has 0 saturated heterocycles. The Hall–Kier alpha value is -2.70. The van der Waals surface area contributed by atoms with Gasteiger partial charge in [-0.2, -0.15) is 0 Å². The lowest BCUT2D eigenvalue weighted by Gasteiger charge is -2.26. The Morgan fingerprint density at radius 2 is 1.32 bits per heavy atom. The van der Waals surface area contributed by atoms with Gasteiger partial charge in [-0.3, -0.25) is 9.59 Å². The molecule has 0 aliphatic carbocycles. The summed E-state index contributed by atoms with van der Waals surface area (Å²) in [6, 6.07) is 19.3. The molecule has 2 rings (SSSR count). The zero-order valence-corrected chi connectivity index (χ0v) is 16.2. The summed E-state index contributed by atoms with van der Waals surface area (Å²) in [5.41, 5.74) is 1.97. The van der Waals surface area contributed by atoms with E-state index in [2.05, 4.69) is 0 Å². The van der Waals surface area contributed by atoms with Gasteiger partial charge < -0.3 is 18.9 Å². The zero-order chi connectivity index (χ0) is 20.2. The van der Waals surface area contributed by atoms with E-state index in [4.69, 9.17) is 18.9 Å². The molecular formula is C22H26O6. The molecule has 0 aliphatic rings. The van der Waals surface area contributed by atoms with E-state index in [1.807, 2.05) is 60.7 Å². The van der Waals surface area contributed by atoms with Crippen molar-refractivity contribution in [2.24, 2.45) is 0 Å². The van der Waals surface area contributed by atoms with Crippen LogP contribution in [-0.4, -0.2) is 37.4 Å². The predicted molar refractivity (Wildman–Crippen MR) is 103 cm³/mol. The molecular weight excluding hydrogens is 360 g/mol. The summed E-state index contributed by atoms with van der Waals surface area (Å²) in [4.78, 5) is 22.8. The standard InChI is InChI=1S/C22H26O6/c1-17(23)26-16-21(27-14-20-11-7-4-8-12-20)22(28-18(2)24)15-25-13-19-9-5-3-6-10-19/h3-12,21-22H,13-16H2,1-2H3/t21-,22-/m1/s1. The number of esters is 2. The van der Waals surface area contributed by atoms with E-state index in [0.717, 1.165) is 11.1 Å². The minimum atomic E-state index is -0.704. The van der Waals surface area contributed by atoms with Gasteiger partial charge in [-0.05, 0) is 11.1 Å². The van der Waals surface area contributed by atoms with Crippen molar-refractivity contribution in [1.82, 2.24) is 0 Å². The van der Waals surface area contributed by atoms with E-state index in [1.165, 1.54) is 13.8 Å². The maximum atomic E-state index is 11.6. The summed E-state index contributed by atoms with van der Waals surface area (Å²) in [7, 11) is 0. The quantitative estimate of drug-likeness (QED) is 0.552. The van der Waals surface area contributed by atoms with Crippen LogP contribution in [0.3, 0.4) is 0 Å². The first-order valence-corrected chi connectivity index (χ1v) is 9.12. The van der Waals surface area contributed by atoms with Crippen LogP contribution >= 0.6 is 0 Å². The molecule has 0 amide bonds. The second-order valence-electron chi connectivity index (χ2n) is 6.29. The van der Waals surface area contributed by atoms with Gasteiger partial charge in [0.1, 0.15) is 12.7 Å². The predicted octanol–water partition coefficient (Wildman–Crippen LogP) is 3.28. The highest BCUT2D eigenvalue weighted by Crippen LogP contribution is 2.12. The smallest absolute Gasteiger partial charge is 0.303 e. The molecule has 0 spiro atoms. The third-order valence-corrected chi connectivity index (χ3v) is 3.88. The van der Waals surface area contributed by atoms with Gasteiger partial charge >= 0.3 is 11.9 Å². The van der Waals surface area contributed by atoms with Crippen LogP contribution in [0.1, 0.15) is 25.0 Å². The molecule has 0 bridgehead atoms. The lowest BCUT2D eigenvalue weighted by molar-refractivity contribution is -0.170. The fourth-order valence-corrected chi connectivity index (χ4v) is 2.54. The molecule has 0 saturated carbocycles. The Balaban J connectivity index is 2.00. The summed E-state index contributed by atoms with van der Waals surface area (Å²) in [6.07, 6.45) is -1.35. The van der Waals surface area contributed by atoms with Crippen molar-refractivity contribution in [1.29, 1.82) is 0 Å². The van der Waals surface area contributed by atoms with Crippen molar-refractivity contribution in [2.45, 2.75) is 39.3 Å². The molecule has 150 valence electrons. The van der Waals surface area contributed by atoms with Gasteiger partial charge in [0.15, 0.2) is 6.10 Å². The second kappa shape index (κ2) is 11.9. The number of hydrogen-bond acceptors (Lipinski definition) is 6. The number of rotatable bonds is 11. The van der Waals surface area contributed by atoms with E-state index in [-0.39, 0.29) is 13.2 Å². The molecule has 0 unspecified atom stereocenters. The van der Waals surface area contributed by atoms with Crippen molar-refractivity contribution in [3.8, 4) is 0 Å². The average Bonchev–Trinajstić information content (AvgIpc) is 2.68. The third-order valence-electron chi connectivity index (χ3n) is 3.88. The molecule has 6 nitrogen and oxygen atoms in total. The number of ether oxygens (including phenoxy) is 4. The van der Waals surface area contributed by atoms with E-state index in [1.54, 1.807) is 0 Å². The summed E-state index contributed by atoms with van der Waals surface area (Å²) in [5.74, 6) is -0.885. The minimum absolute atomic E-state index is 0.0329. The Labute approximate surface area is 165 Å². The normalized spacial score (nSPS) is 12.8. The molecule has 2 aromatic carbocycles. The molecule has 2 atom stereocenters. The van der Waals surface area contributed by atoms with E-state index in [0.29, 0.717) is 13.2 Å². The Kier molecular flexibility index (Phi) is 9.18. The maximum Gasteiger partial charge on any atom is 0.303 e. The summed E-state index contributed by atoms with van der Waals surface area (Å²) >= 11 is 0. The molecule has 0 fully saturated rings. The largest absolute Gasteiger partial charge is 0.463 e. The van der Waals surface area contributed by atoms with Crippen molar-refractivity contribution in [3.05, 3.63) is 71.8 Å². The SMILES string of the molecule is CC(=O)OC[C@@H](OCc1ccccc1)[C@@H](COCc1ccccc1)OC(C)=O. The number of carbonyl (C=O) groups excluding carboxylic acids is 2. The van der Waals surface area contributed by atoms with Gasteiger partial charge in [0, 0.05) is 13.8 Å². The highest BCUT2D eigenvalue weighted by molar-refractivity contribution is 5.66. The average molecular weight is 386 g/mol. The molecule has 2 aromatic rings. The number of hydrogen-bond donors (Lipinski definition) is 0. The minimum Gasteiger partial charge on any atom is -0.463 e. The van der Waals surface area contributed by atoms with Crippen molar-refractivity contribution < 1.29 is 28.5 Å². The van der Waals surface area contributed by atoms with E-state index in [9.17, 15) is 9.59 Å². The van der Waals surface area contributed by atoms with Crippen LogP contribution in [0.2, 0.25) is 0 Å². The van der Waals surface area contributed by atoms with E-state index >= 15 is 0 Å². The fraction of sp³-hybridized carbons (Fsp3) is 0.364. The Morgan fingerprint density at radius 3 is 1.86 bits per heavy atom. The van der Waals surface area contributed by atoms with Crippen LogP contribution in [0.15, 0.2) is 60.7 Å². The molecule has 0 aliphatic heterocycles. The van der Waals surface area contributed by atoms with Crippen LogP contribution in [-0.2, 0) is 41.8 Å². The summed E-state index contributed by atoms with van der Waals surface area (Å²) in [6.45, 7) is 3.40. The van der Waals surface area contributed by atoms with Crippen LogP contribution in [0.4, 0.5) is 0 Å². The molecule has 0 aromatic heterocycles. The van der Waals surface area contributed by atoms with Gasteiger partial charge in [-0.15, -0.1) is 0 Å². The number of carbonyl (C=O) groups is 2. The molecule has 0 heterocycles. The van der Waals surface area contributed by atoms with Crippen molar-refractivity contribution in [3.63, 3.8) is 0 Å². The van der Waals surface area contributed by atoms with E-state index < -0.39 is 24.1 Å².